The molecule has 0 fully saturated rings. The van der Waals surface area contributed by atoms with Crippen molar-refractivity contribution in [2.24, 2.45) is 0 Å². The van der Waals surface area contributed by atoms with Crippen LogP contribution in [0.4, 0.5) is 0 Å². The molecule has 0 radical (unpaired) electrons. The van der Waals surface area contributed by atoms with Crippen molar-refractivity contribution in [3.05, 3.63) is 0 Å². The summed E-state index contributed by atoms with van der Waals surface area (Å²) < 4.78 is 0. The summed E-state index contributed by atoms with van der Waals surface area (Å²) in [4.78, 5) is 0. The minimum atomic E-state index is -0.732. The molecular formula is MoSe3. The third-order valence-electron chi connectivity index (χ3n) is 0. The van der Waals surface area contributed by atoms with Gasteiger partial charge in [-0.25, -0.2) is 0 Å². The molecule has 0 aromatic heterocycles. The van der Waals surface area contributed by atoms with E-state index in [1.165, 1.54) is 0 Å². The summed E-state index contributed by atoms with van der Waals surface area (Å²) in [5, 5.41) is 0. The third kappa shape index (κ3) is 8.87. The Morgan fingerprint density at radius 2 is 1.00 bits per heavy atom. The predicted molar refractivity (Wildman–Crippen MR) is 17.3 cm³/mol. The van der Waals surface area contributed by atoms with Crippen LogP contribution in [0.3, 0.4) is 0 Å². The molecular weight excluding hydrogens is 333 g/mol. The van der Waals surface area contributed by atoms with Gasteiger partial charge in [-0.1, -0.05) is 0 Å². The van der Waals surface area contributed by atoms with E-state index >= 15 is 0 Å². The molecule has 4 heteroatoms. The summed E-state index contributed by atoms with van der Waals surface area (Å²) in [6.45, 7) is 0. The van der Waals surface area contributed by atoms with Gasteiger partial charge in [0.15, 0.2) is 0 Å². The molecule has 0 heterocycles. The van der Waals surface area contributed by atoms with E-state index in [0.717, 1.165) is 0 Å². The van der Waals surface area contributed by atoms with Crippen LogP contribution >= 0.6 is 0 Å². The van der Waals surface area contributed by atoms with Gasteiger partial charge in [-0.3, -0.25) is 0 Å². The summed E-state index contributed by atoms with van der Waals surface area (Å²) in [6.07, 6.45) is 0. The monoisotopic (exact) mass is 338 g/mol. The second kappa shape index (κ2) is 3.44. The van der Waals surface area contributed by atoms with Gasteiger partial charge in [-0.05, 0) is 0 Å². The maximum atomic E-state index is 2.96. The standard InChI is InChI=1S/Mo.3Se. The zero-order valence-corrected chi connectivity index (χ0v) is 8.78. The molecule has 0 aliphatic carbocycles. The Kier molecular flexibility index (Phi) is 5.37. The van der Waals surface area contributed by atoms with Crippen molar-refractivity contribution in [1.82, 2.24) is 0 Å². The van der Waals surface area contributed by atoms with Gasteiger partial charge in [0, 0.05) is 0 Å². The molecule has 0 N–H and O–H groups in total. The molecule has 0 bridgehead atoms. The average molecular weight is 333 g/mol. The van der Waals surface area contributed by atoms with Crippen molar-refractivity contribution in [3.63, 3.8) is 0 Å². The van der Waals surface area contributed by atoms with Crippen molar-refractivity contribution in [3.8, 4) is 0 Å². The molecule has 0 saturated carbocycles. The first-order valence-corrected chi connectivity index (χ1v) is 15.4. The number of hydrogen-bond acceptors (Lipinski definition) is 0. The van der Waals surface area contributed by atoms with Crippen LogP contribution in [0.1, 0.15) is 0 Å². The topological polar surface area (TPSA) is 0 Å². The van der Waals surface area contributed by atoms with Gasteiger partial charge < -0.3 is 0 Å². The molecule has 0 unspecified atom stereocenters. The van der Waals surface area contributed by atoms with E-state index in [1.54, 1.807) is 0 Å². The number of rotatable bonds is 0. The van der Waals surface area contributed by atoms with Gasteiger partial charge in [0.05, 0.1) is 0 Å². The van der Waals surface area contributed by atoms with Crippen molar-refractivity contribution in [2.45, 2.75) is 0 Å². The van der Waals surface area contributed by atoms with Crippen molar-refractivity contribution in [1.29, 1.82) is 0 Å². The van der Waals surface area contributed by atoms with Crippen LogP contribution in [-0.4, -0.2) is 38.4 Å². The van der Waals surface area contributed by atoms with E-state index in [4.69, 9.17) is 0 Å². The fourth-order valence-electron chi connectivity index (χ4n) is 0. The van der Waals surface area contributed by atoms with E-state index in [1.807, 2.05) is 0 Å². The molecule has 0 aromatic rings. The zero-order valence-electron chi connectivity index (χ0n) is 1.63. The normalized spacial score (nSPS) is 6.00. The molecule has 4 heavy (non-hydrogen) atoms. The van der Waals surface area contributed by atoms with Crippen LogP contribution in [-0.2, 0) is 9.37 Å². The first-order chi connectivity index (χ1) is 1.73. The molecule has 0 saturated heterocycles. The molecule has 0 spiro atoms. The Labute approximate surface area is 47.1 Å². The van der Waals surface area contributed by atoms with Crippen molar-refractivity contribution in [2.75, 3.05) is 0 Å². The Bertz CT molecular complexity index is 72.7. The fourth-order valence-corrected chi connectivity index (χ4v) is 0. The van der Waals surface area contributed by atoms with E-state index in [2.05, 4.69) is 38.4 Å². The number of hydrogen-bond donors (Lipinski definition) is 0. The van der Waals surface area contributed by atoms with Crippen LogP contribution in [0, 0.1) is 0 Å². The average Bonchev–Trinajstić information content (AvgIpc) is 0.811. The second-order valence-corrected chi connectivity index (χ2v) is 32.6. The quantitative estimate of drug-likeness (QED) is 0.492. The zero-order chi connectivity index (χ0) is 3.58. The Balaban J connectivity index is 4.65. The first-order valence-electron chi connectivity index (χ1n) is 0.500. The van der Waals surface area contributed by atoms with Gasteiger partial charge in [0.1, 0.15) is 0 Å². The van der Waals surface area contributed by atoms with Crippen LogP contribution in [0.25, 0.3) is 0 Å². The van der Waals surface area contributed by atoms with Crippen LogP contribution in [0.2, 0.25) is 0 Å². The fraction of sp³-hybridized carbons (Fsp3) is 0. The first kappa shape index (κ1) is 6.25. The van der Waals surface area contributed by atoms with Gasteiger partial charge in [0.2, 0.25) is 0 Å². The van der Waals surface area contributed by atoms with Gasteiger partial charge in [-0.2, -0.15) is 0 Å². The Morgan fingerprint density at radius 1 is 1.00 bits per heavy atom. The van der Waals surface area contributed by atoms with Crippen LogP contribution in [0.15, 0.2) is 0 Å². The third-order valence-corrected chi connectivity index (χ3v) is 0. The summed E-state index contributed by atoms with van der Waals surface area (Å²) in [6, 6.07) is 0. The SMILES string of the molecule is [Se]=[Mo](=[Se])=[Se]. The molecule has 0 nitrogen and oxygen atoms in total. The van der Waals surface area contributed by atoms with Crippen LogP contribution < -0.4 is 0 Å². The summed E-state index contributed by atoms with van der Waals surface area (Å²) in [5.41, 5.74) is 0. The summed E-state index contributed by atoms with van der Waals surface area (Å²) >= 11 is 8.89. The summed E-state index contributed by atoms with van der Waals surface area (Å²) in [7, 11) is -0.732. The van der Waals surface area contributed by atoms with E-state index < -0.39 is 9.37 Å². The van der Waals surface area contributed by atoms with Gasteiger partial charge in [-0.15, -0.1) is 0 Å². The second-order valence-electron chi connectivity index (χ2n) is 0.204. The predicted octanol–water partition coefficient (Wildman–Crippen LogP) is -1.14. The molecule has 0 aliphatic heterocycles. The molecule has 0 aliphatic rings. The van der Waals surface area contributed by atoms with Gasteiger partial charge in [0.25, 0.3) is 0 Å². The molecule has 0 amide bonds. The van der Waals surface area contributed by atoms with E-state index in [-0.39, 0.29) is 0 Å². The van der Waals surface area contributed by atoms with Gasteiger partial charge >= 0.3 is 47.8 Å². The van der Waals surface area contributed by atoms with E-state index in [0.29, 0.717) is 0 Å². The molecule has 24 valence electrons. The van der Waals surface area contributed by atoms with E-state index in [9.17, 15) is 0 Å². The minimum absolute atomic E-state index is 0.732. The van der Waals surface area contributed by atoms with Crippen LogP contribution in [0.5, 0.6) is 0 Å². The molecule has 0 atom stereocenters. The summed E-state index contributed by atoms with van der Waals surface area (Å²) in [5.74, 6) is 0. The maximum absolute atomic E-state index is 2.96. The molecule has 0 aromatic carbocycles. The van der Waals surface area contributed by atoms with Crippen molar-refractivity contribution < 1.29 is 9.37 Å². The Hall–Kier alpha value is 2.25. The molecule has 0 rings (SSSR count). The Morgan fingerprint density at radius 3 is 1.00 bits per heavy atom. The van der Waals surface area contributed by atoms with Crippen molar-refractivity contribution >= 4 is 38.4 Å².